The summed E-state index contributed by atoms with van der Waals surface area (Å²) >= 11 is 1.45. The fraction of sp³-hybridized carbons (Fsp3) is 0.292. The van der Waals surface area contributed by atoms with Crippen LogP contribution >= 0.6 is 11.3 Å². The Bertz CT molecular complexity index is 1250. The number of nitrogens with zero attached hydrogens (tertiary/aromatic N) is 4. The molecular weight excluding hydrogens is 408 g/mol. The minimum Gasteiger partial charge on any atom is -0.371 e. The number of carbonyl (C=O) groups excluding carboxylic acids is 1. The topological polar surface area (TPSA) is 58.6 Å². The first-order chi connectivity index (χ1) is 15.1. The van der Waals surface area contributed by atoms with Crippen LogP contribution in [0, 0.1) is 0 Å². The monoisotopic (exact) mass is 432 g/mol. The van der Waals surface area contributed by atoms with Gasteiger partial charge in [0.25, 0.3) is 5.91 Å². The minimum atomic E-state index is -0.168. The van der Waals surface area contributed by atoms with Crippen molar-refractivity contribution in [3.8, 4) is 0 Å². The molecule has 6 nitrogen and oxygen atoms in total. The molecule has 0 radical (unpaired) electrons. The Kier molecular flexibility index (Phi) is 5.40. The van der Waals surface area contributed by atoms with E-state index in [9.17, 15) is 4.79 Å². The Morgan fingerprint density at radius 1 is 1.13 bits per heavy atom. The molecule has 158 valence electrons. The molecular formula is C24H24N4O2S. The minimum absolute atomic E-state index is 0.00106. The molecule has 0 spiro atoms. The number of morpholine rings is 1. The smallest absolute Gasteiger partial charge is 0.263 e. The van der Waals surface area contributed by atoms with E-state index in [-0.39, 0.29) is 12.0 Å². The molecule has 31 heavy (non-hydrogen) atoms. The van der Waals surface area contributed by atoms with Gasteiger partial charge in [-0.25, -0.2) is 4.98 Å². The third-order valence-electron chi connectivity index (χ3n) is 5.71. The van der Waals surface area contributed by atoms with E-state index in [1.54, 1.807) is 25.2 Å². The molecule has 0 saturated carbocycles. The van der Waals surface area contributed by atoms with Gasteiger partial charge < -0.3 is 9.64 Å². The summed E-state index contributed by atoms with van der Waals surface area (Å²) in [4.78, 5) is 27.5. The van der Waals surface area contributed by atoms with Crippen LogP contribution in [0.15, 0.2) is 54.9 Å². The van der Waals surface area contributed by atoms with Crippen LogP contribution in [0.5, 0.6) is 0 Å². The van der Waals surface area contributed by atoms with E-state index in [1.807, 2.05) is 30.5 Å². The Labute approximate surface area is 185 Å². The van der Waals surface area contributed by atoms with Gasteiger partial charge in [-0.2, -0.15) is 0 Å². The summed E-state index contributed by atoms with van der Waals surface area (Å²) in [5, 5.41) is 2.20. The molecule has 3 aromatic heterocycles. The van der Waals surface area contributed by atoms with Gasteiger partial charge in [-0.3, -0.25) is 14.7 Å². The molecule has 5 rings (SSSR count). The number of rotatable bonds is 4. The van der Waals surface area contributed by atoms with Crippen LogP contribution in [-0.2, 0) is 11.3 Å². The number of amides is 1. The Hall–Kier alpha value is -2.87. The largest absolute Gasteiger partial charge is 0.371 e. The average Bonchev–Trinajstić information content (AvgIpc) is 3.18. The highest BCUT2D eigenvalue weighted by atomic mass is 32.1. The number of hydrogen-bond acceptors (Lipinski definition) is 6. The molecule has 4 heterocycles. The van der Waals surface area contributed by atoms with Crippen molar-refractivity contribution >= 4 is 38.4 Å². The van der Waals surface area contributed by atoms with E-state index < -0.39 is 0 Å². The lowest BCUT2D eigenvalue weighted by atomic mass is 10.0. The summed E-state index contributed by atoms with van der Waals surface area (Å²) in [6.07, 6.45) is 3.43. The summed E-state index contributed by atoms with van der Waals surface area (Å²) in [5.41, 5.74) is 3.24. The van der Waals surface area contributed by atoms with Crippen LogP contribution < -0.4 is 0 Å². The zero-order chi connectivity index (χ0) is 21.4. The number of thiophene rings is 1. The summed E-state index contributed by atoms with van der Waals surface area (Å²) in [5.74, 6) is -0.00106. The Morgan fingerprint density at radius 2 is 1.94 bits per heavy atom. The number of pyridine rings is 2. The molecule has 1 saturated heterocycles. The van der Waals surface area contributed by atoms with E-state index in [4.69, 9.17) is 4.74 Å². The zero-order valence-corrected chi connectivity index (χ0v) is 18.4. The zero-order valence-electron chi connectivity index (χ0n) is 17.6. The van der Waals surface area contributed by atoms with Crippen LogP contribution in [0.1, 0.15) is 26.9 Å². The van der Waals surface area contributed by atoms with Crippen molar-refractivity contribution in [2.24, 2.45) is 0 Å². The van der Waals surface area contributed by atoms with E-state index >= 15 is 0 Å². The molecule has 1 aromatic carbocycles. The van der Waals surface area contributed by atoms with E-state index in [0.717, 1.165) is 45.8 Å². The van der Waals surface area contributed by atoms with Crippen molar-refractivity contribution in [2.75, 3.05) is 33.8 Å². The highest BCUT2D eigenvalue weighted by Gasteiger charge is 2.30. The number of benzene rings is 1. The van der Waals surface area contributed by atoms with Crippen molar-refractivity contribution in [2.45, 2.75) is 12.6 Å². The Morgan fingerprint density at radius 3 is 2.77 bits per heavy atom. The maximum Gasteiger partial charge on any atom is 0.263 e. The predicted molar refractivity (Wildman–Crippen MR) is 123 cm³/mol. The van der Waals surface area contributed by atoms with Gasteiger partial charge in [-0.1, -0.05) is 24.3 Å². The standard InChI is InChI=1S/C24H24N4O2S/c1-27(2)24(29)22-21(18-8-5-11-26-23(18)31-22)20-15-28(12-13-30-20)14-16-6-3-9-19-17(16)7-4-10-25-19/h3-11,20H,12-15H2,1-2H3/t20-/m1/s1. The molecule has 0 bridgehead atoms. The molecule has 1 fully saturated rings. The molecule has 1 aliphatic heterocycles. The maximum atomic E-state index is 12.9. The van der Waals surface area contributed by atoms with Gasteiger partial charge in [0.2, 0.25) is 0 Å². The van der Waals surface area contributed by atoms with Crippen molar-refractivity contribution in [1.82, 2.24) is 19.8 Å². The predicted octanol–water partition coefficient (Wildman–Crippen LogP) is 4.12. The van der Waals surface area contributed by atoms with Gasteiger partial charge in [-0.05, 0) is 23.8 Å². The highest BCUT2D eigenvalue weighted by molar-refractivity contribution is 7.20. The molecule has 1 atom stereocenters. The second kappa shape index (κ2) is 8.34. The number of carbonyl (C=O) groups is 1. The lowest BCUT2D eigenvalue weighted by molar-refractivity contribution is -0.0322. The third-order valence-corrected chi connectivity index (χ3v) is 6.82. The fourth-order valence-corrected chi connectivity index (χ4v) is 5.42. The van der Waals surface area contributed by atoms with Crippen LogP contribution in [-0.4, -0.2) is 59.5 Å². The molecule has 7 heteroatoms. The molecule has 0 unspecified atom stereocenters. The van der Waals surface area contributed by atoms with Crippen LogP contribution in [0.3, 0.4) is 0 Å². The average molecular weight is 433 g/mol. The number of hydrogen-bond donors (Lipinski definition) is 0. The van der Waals surface area contributed by atoms with Gasteiger partial charge in [0.05, 0.1) is 18.2 Å². The van der Waals surface area contributed by atoms with Gasteiger partial charge in [0, 0.05) is 62.5 Å². The van der Waals surface area contributed by atoms with Gasteiger partial charge in [0.15, 0.2) is 0 Å². The van der Waals surface area contributed by atoms with Crippen molar-refractivity contribution in [1.29, 1.82) is 0 Å². The van der Waals surface area contributed by atoms with E-state index in [2.05, 4.69) is 33.1 Å². The first kappa shape index (κ1) is 20.1. The van der Waals surface area contributed by atoms with Gasteiger partial charge in [-0.15, -0.1) is 11.3 Å². The first-order valence-electron chi connectivity index (χ1n) is 10.4. The highest BCUT2D eigenvalue weighted by Crippen LogP contribution is 2.38. The van der Waals surface area contributed by atoms with E-state index in [1.165, 1.54) is 22.3 Å². The quantitative estimate of drug-likeness (QED) is 0.486. The molecule has 1 aliphatic rings. The maximum absolute atomic E-state index is 12.9. The van der Waals surface area contributed by atoms with Crippen molar-refractivity contribution < 1.29 is 9.53 Å². The van der Waals surface area contributed by atoms with Crippen LogP contribution in [0.2, 0.25) is 0 Å². The Balaban J connectivity index is 1.47. The van der Waals surface area contributed by atoms with Gasteiger partial charge in [0.1, 0.15) is 9.71 Å². The first-order valence-corrected chi connectivity index (χ1v) is 11.2. The number of fused-ring (bicyclic) bond motifs is 2. The molecule has 0 aliphatic carbocycles. The molecule has 4 aromatic rings. The fourth-order valence-electron chi connectivity index (χ4n) is 4.20. The summed E-state index contributed by atoms with van der Waals surface area (Å²) in [6, 6.07) is 14.4. The second-order valence-electron chi connectivity index (χ2n) is 7.98. The number of ether oxygens (including phenoxy) is 1. The van der Waals surface area contributed by atoms with E-state index in [0.29, 0.717) is 6.61 Å². The van der Waals surface area contributed by atoms with Crippen LogP contribution in [0.4, 0.5) is 0 Å². The molecule has 0 N–H and O–H groups in total. The number of aromatic nitrogens is 2. The lowest BCUT2D eigenvalue weighted by Crippen LogP contribution is -2.38. The summed E-state index contributed by atoms with van der Waals surface area (Å²) in [7, 11) is 3.57. The summed E-state index contributed by atoms with van der Waals surface area (Å²) < 4.78 is 6.21. The summed E-state index contributed by atoms with van der Waals surface area (Å²) in [6.45, 7) is 3.02. The second-order valence-corrected chi connectivity index (χ2v) is 8.98. The van der Waals surface area contributed by atoms with Crippen LogP contribution in [0.25, 0.3) is 21.1 Å². The lowest BCUT2D eigenvalue weighted by Gasteiger charge is -2.33. The SMILES string of the molecule is CN(C)C(=O)c1sc2ncccc2c1[C@H]1CN(Cc2cccc3ncccc23)CCO1. The molecule has 1 amide bonds. The van der Waals surface area contributed by atoms with Gasteiger partial charge >= 0.3 is 0 Å². The van der Waals surface area contributed by atoms with Crippen molar-refractivity contribution in [3.63, 3.8) is 0 Å². The normalized spacial score (nSPS) is 17.3. The van der Waals surface area contributed by atoms with Crippen molar-refractivity contribution in [3.05, 3.63) is 70.9 Å². The third kappa shape index (κ3) is 3.80.